The highest BCUT2D eigenvalue weighted by Crippen LogP contribution is 2.26. The van der Waals surface area contributed by atoms with E-state index >= 15 is 0 Å². The number of anilines is 2. The summed E-state index contributed by atoms with van der Waals surface area (Å²) in [5.41, 5.74) is 2.36. The van der Waals surface area contributed by atoms with Crippen LogP contribution in [0.1, 0.15) is 41.5 Å². The van der Waals surface area contributed by atoms with Crippen LogP contribution in [0, 0.1) is 12.8 Å². The van der Waals surface area contributed by atoms with Crippen LogP contribution in [0.25, 0.3) is 0 Å². The van der Waals surface area contributed by atoms with Crippen LogP contribution in [0.2, 0.25) is 0 Å². The van der Waals surface area contributed by atoms with Gasteiger partial charge in [-0.3, -0.25) is 15.0 Å². The van der Waals surface area contributed by atoms with E-state index in [2.05, 4.69) is 31.8 Å². The third-order valence-electron chi connectivity index (χ3n) is 4.22. The number of amides is 1. The number of hydrogen-bond acceptors (Lipinski definition) is 7. The summed E-state index contributed by atoms with van der Waals surface area (Å²) >= 11 is 2.77. The van der Waals surface area contributed by atoms with E-state index in [9.17, 15) is 4.79 Å². The van der Waals surface area contributed by atoms with Gasteiger partial charge in [0.15, 0.2) is 5.13 Å². The zero-order valence-corrected chi connectivity index (χ0v) is 15.9. The molecule has 0 spiro atoms. The molecule has 1 unspecified atom stereocenters. The Morgan fingerprint density at radius 2 is 2.33 bits per heavy atom. The summed E-state index contributed by atoms with van der Waals surface area (Å²) in [7, 11) is 1.80. The second-order valence-electron chi connectivity index (χ2n) is 6.30. The Morgan fingerprint density at radius 3 is 3.08 bits per heavy atom. The molecule has 3 rings (SSSR count). The lowest BCUT2D eigenvalue weighted by molar-refractivity contribution is 0.102. The van der Waals surface area contributed by atoms with Gasteiger partial charge in [-0.15, -0.1) is 11.3 Å². The van der Waals surface area contributed by atoms with Crippen molar-refractivity contribution in [1.82, 2.24) is 14.3 Å². The summed E-state index contributed by atoms with van der Waals surface area (Å²) in [5, 5.41) is 9.38. The van der Waals surface area contributed by atoms with Gasteiger partial charge in [-0.2, -0.15) is 4.37 Å². The van der Waals surface area contributed by atoms with Crippen molar-refractivity contribution in [3.8, 4) is 0 Å². The summed E-state index contributed by atoms with van der Waals surface area (Å²) in [6.45, 7) is 7.27. The van der Waals surface area contributed by atoms with Crippen LogP contribution in [0.4, 0.5) is 10.1 Å². The minimum Gasteiger partial charge on any atom is -0.378 e. The normalized spacial score (nSPS) is 18.5. The number of aryl methyl sites for hydroxylation is 1. The van der Waals surface area contributed by atoms with Gasteiger partial charge in [0.25, 0.3) is 5.91 Å². The number of nitrogens with one attached hydrogen (secondary N) is 2. The van der Waals surface area contributed by atoms with Crippen LogP contribution >= 0.6 is 22.9 Å². The molecule has 1 atom stereocenters. The van der Waals surface area contributed by atoms with Gasteiger partial charge >= 0.3 is 0 Å². The largest absolute Gasteiger partial charge is 0.378 e. The Hall–Kier alpha value is -1.51. The maximum atomic E-state index is 12.5. The van der Waals surface area contributed by atoms with E-state index in [-0.39, 0.29) is 5.91 Å². The molecular formula is C16H23N5OS2. The molecule has 1 aliphatic rings. The topological polar surface area (TPSA) is 70.1 Å². The van der Waals surface area contributed by atoms with Gasteiger partial charge in [0.05, 0.1) is 17.0 Å². The van der Waals surface area contributed by atoms with Crippen molar-refractivity contribution in [2.24, 2.45) is 5.92 Å². The number of carbonyl (C=O) groups excluding carboxylic acids is 1. The lowest BCUT2D eigenvalue weighted by Crippen LogP contribution is -2.33. The molecule has 3 heterocycles. The van der Waals surface area contributed by atoms with E-state index in [4.69, 9.17) is 0 Å². The van der Waals surface area contributed by atoms with Crippen LogP contribution in [0.5, 0.6) is 0 Å². The summed E-state index contributed by atoms with van der Waals surface area (Å²) in [6, 6.07) is 0. The molecule has 1 fully saturated rings. The van der Waals surface area contributed by atoms with Gasteiger partial charge in [-0.1, -0.05) is 6.92 Å². The Labute approximate surface area is 150 Å². The van der Waals surface area contributed by atoms with Gasteiger partial charge in [-0.05, 0) is 43.8 Å². The Balaban J connectivity index is 1.63. The summed E-state index contributed by atoms with van der Waals surface area (Å²) in [6.07, 6.45) is 2.57. The first-order chi connectivity index (χ1) is 11.6. The smallest absolute Gasteiger partial charge is 0.262 e. The number of carbonyl (C=O) groups is 1. The molecule has 1 amide bonds. The van der Waals surface area contributed by atoms with Crippen LogP contribution in [0.15, 0.2) is 5.38 Å². The highest BCUT2D eigenvalue weighted by atomic mass is 32.1. The van der Waals surface area contributed by atoms with Crippen molar-refractivity contribution in [3.63, 3.8) is 0 Å². The predicted molar refractivity (Wildman–Crippen MR) is 100 cm³/mol. The molecule has 130 valence electrons. The number of piperidine rings is 1. The van der Waals surface area contributed by atoms with Crippen LogP contribution in [-0.4, -0.2) is 40.3 Å². The molecule has 8 heteroatoms. The monoisotopic (exact) mass is 365 g/mol. The lowest BCUT2D eigenvalue weighted by Gasteiger charge is -2.30. The summed E-state index contributed by atoms with van der Waals surface area (Å²) in [4.78, 5) is 19.5. The fourth-order valence-corrected chi connectivity index (χ4v) is 4.50. The van der Waals surface area contributed by atoms with Crippen molar-refractivity contribution in [2.45, 2.75) is 33.2 Å². The summed E-state index contributed by atoms with van der Waals surface area (Å²) < 4.78 is 4.23. The average molecular weight is 366 g/mol. The van der Waals surface area contributed by atoms with E-state index < -0.39 is 0 Å². The second kappa shape index (κ2) is 7.58. The van der Waals surface area contributed by atoms with Crippen LogP contribution < -0.4 is 10.6 Å². The molecule has 0 saturated carbocycles. The van der Waals surface area contributed by atoms with Crippen molar-refractivity contribution >= 4 is 38.9 Å². The van der Waals surface area contributed by atoms with E-state index in [1.807, 2.05) is 12.3 Å². The SMILES string of the molecule is CNc1snc(C)c1C(=O)Nc1nc(CN2CCCC(C)C2)cs1. The van der Waals surface area contributed by atoms with E-state index in [0.717, 1.165) is 41.9 Å². The molecule has 2 N–H and O–H groups in total. The minimum atomic E-state index is -0.155. The maximum Gasteiger partial charge on any atom is 0.262 e. The number of likely N-dealkylation sites (tertiary alicyclic amines) is 1. The minimum absolute atomic E-state index is 0.155. The van der Waals surface area contributed by atoms with Crippen molar-refractivity contribution in [3.05, 3.63) is 22.3 Å². The first-order valence-electron chi connectivity index (χ1n) is 8.19. The number of nitrogens with zero attached hydrogens (tertiary/aromatic N) is 3. The molecule has 1 saturated heterocycles. The third-order valence-corrected chi connectivity index (χ3v) is 5.98. The zero-order chi connectivity index (χ0) is 17.1. The lowest BCUT2D eigenvalue weighted by atomic mass is 10.0. The number of aromatic nitrogens is 2. The average Bonchev–Trinajstić information content (AvgIpc) is 3.13. The number of thiazole rings is 1. The molecule has 0 bridgehead atoms. The molecule has 2 aromatic heterocycles. The Morgan fingerprint density at radius 1 is 1.50 bits per heavy atom. The molecule has 0 aromatic carbocycles. The Bertz CT molecular complexity index is 711. The van der Waals surface area contributed by atoms with Crippen molar-refractivity contribution in [2.75, 3.05) is 30.8 Å². The molecule has 6 nitrogen and oxygen atoms in total. The molecule has 24 heavy (non-hydrogen) atoms. The van der Waals surface area contributed by atoms with Crippen molar-refractivity contribution in [1.29, 1.82) is 0 Å². The zero-order valence-electron chi connectivity index (χ0n) is 14.3. The fourth-order valence-electron chi connectivity index (χ4n) is 3.06. The third kappa shape index (κ3) is 3.93. The number of hydrogen-bond donors (Lipinski definition) is 2. The highest BCUT2D eigenvalue weighted by molar-refractivity contribution is 7.14. The quantitative estimate of drug-likeness (QED) is 0.849. The Kier molecular flexibility index (Phi) is 5.47. The molecular weight excluding hydrogens is 342 g/mol. The van der Waals surface area contributed by atoms with E-state index in [1.165, 1.54) is 35.7 Å². The predicted octanol–water partition coefficient (Wildman–Crippen LogP) is 3.43. The van der Waals surface area contributed by atoms with Gasteiger partial charge in [0, 0.05) is 25.5 Å². The second-order valence-corrected chi connectivity index (χ2v) is 7.93. The molecule has 2 aromatic rings. The van der Waals surface area contributed by atoms with Gasteiger partial charge in [0.1, 0.15) is 5.00 Å². The molecule has 1 aliphatic heterocycles. The van der Waals surface area contributed by atoms with Crippen LogP contribution in [0.3, 0.4) is 0 Å². The number of rotatable bonds is 5. The van der Waals surface area contributed by atoms with E-state index in [0.29, 0.717) is 10.7 Å². The first kappa shape index (κ1) is 17.3. The highest BCUT2D eigenvalue weighted by Gasteiger charge is 2.20. The van der Waals surface area contributed by atoms with Crippen molar-refractivity contribution < 1.29 is 4.79 Å². The maximum absolute atomic E-state index is 12.5. The van der Waals surface area contributed by atoms with Crippen LogP contribution in [-0.2, 0) is 6.54 Å². The summed E-state index contributed by atoms with van der Waals surface area (Å²) in [5.74, 6) is 0.601. The standard InChI is InChI=1S/C16H23N5OS2/c1-10-5-4-6-21(7-10)8-12-9-23-16(18-12)19-14(22)13-11(2)20-24-15(13)17-3/h9-10,17H,4-8H2,1-3H3,(H,18,19,22). The fraction of sp³-hybridized carbons (Fsp3) is 0.562. The van der Waals surface area contributed by atoms with E-state index in [1.54, 1.807) is 7.05 Å². The molecule has 0 radical (unpaired) electrons. The van der Waals surface area contributed by atoms with Gasteiger partial charge in [0.2, 0.25) is 0 Å². The first-order valence-corrected chi connectivity index (χ1v) is 9.84. The van der Waals surface area contributed by atoms with Gasteiger partial charge < -0.3 is 5.32 Å². The molecule has 0 aliphatic carbocycles. The van der Waals surface area contributed by atoms with Gasteiger partial charge in [-0.25, -0.2) is 4.98 Å².